The summed E-state index contributed by atoms with van der Waals surface area (Å²) in [6.45, 7) is 9.44. The fourth-order valence-electron chi connectivity index (χ4n) is 9.08. The molecule has 0 saturated carbocycles. The summed E-state index contributed by atoms with van der Waals surface area (Å²) in [4.78, 5) is 2.47. The first-order valence-corrected chi connectivity index (χ1v) is 17.4. The fourth-order valence-corrected chi connectivity index (χ4v) is 9.08. The number of hydrogen-bond donors (Lipinski definition) is 0. The van der Waals surface area contributed by atoms with Crippen molar-refractivity contribution in [3.63, 3.8) is 0 Å². The van der Waals surface area contributed by atoms with Crippen molar-refractivity contribution >= 4 is 49.4 Å². The second kappa shape index (κ2) is 9.94. The van der Waals surface area contributed by atoms with Gasteiger partial charge in [0.25, 0.3) is 0 Å². The van der Waals surface area contributed by atoms with Gasteiger partial charge in [0.15, 0.2) is 0 Å². The Kier molecular flexibility index (Phi) is 5.75. The largest absolute Gasteiger partial charge is 0.310 e. The maximum atomic E-state index is 2.47. The monoisotopic (exact) mass is 627 g/mol. The SMILES string of the molecule is CC1(C)c2ccccc2-c2cc(N(c3ccc4c(c3)C(C)(C)c3ccccc3-4)c3ccc4c(ccc5c6ccccc6ccc45)c3)ccc21. The molecule has 0 saturated heterocycles. The summed E-state index contributed by atoms with van der Waals surface area (Å²) in [5, 5.41) is 7.70. The van der Waals surface area contributed by atoms with Crippen LogP contribution < -0.4 is 4.90 Å². The van der Waals surface area contributed by atoms with Crippen LogP contribution in [0.3, 0.4) is 0 Å². The van der Waals surface area contributed by atoms with Gasteiger partial charge in [0.1, 0.15) is 0 Å². The average Bonchev–Trinajstić information content (AvgIpc) is 3.50. The van der Waals surface area contributed by atoms with Crippen molar-refractivity contribution in [3.8, 4) is 22.3 Å². The van der Waals surface area contributed by atoms with Crippen LogP contribution in [0.2, 0.25) is 0 Å². The maximum absolute atomic E-state index is 2.47. The molecule has 0 aromatic heterocycles. The van der Waals surface area contributed by atoms with E-state index in [1.165, 1.54) is 88.2 Å². The average molecular weight is 628 g/mol. The van der Waals surface area contributed by atoms with Gasteiger partial charge in [-0.1, -0.05) is 143 Å². The van der Waals surface area contributed by atoms with E-state index in [1.807, 2.05) is 0 Å². The molecule has 0 spiro atoms. The lowest BCUT2D eigenvalue weighted by atomic mass is 9.82. The Morgan fingerprint density at radius 2 is 0.816 bits per heavy atom. The van der Waals surface area contributed by atoms with Crippen molar-refractivity contribution in [2.45, 2.75) is 38.5 Å². The molecular formula is C48H37N. The van der Waals surface area contributed by atoms with E-state index in [0.717, 1.165) is 5.69 Å². The van der Waals surface area contributed by atoms with E-state index in [9.17, 15) is 0 Å². The van der Waals surface area contributed by atoms with Gasteiger partial charge in [-0.05, 0) is 113 Å². The molecule has 234 valence electrons. The van der Waals surface area contributed by atoms with Gasteiger partial charge in [-0.3, -0.25) is 0 Å². The third kappa shape index (κ3) is 3.93. The van der Waals surface area contributed by atoms with Crippen LogP contribution in [0.5, 0.6) is 0 Å². The molecule has 0 heterocycles. The Labute approximate surface area is 288 Å². The summed E-state index contributed by atoms with van der Waals surface area (Å²) in [6.07, 6.45) is 0. The molecule has 0 N–H and O–H groups in total. The van der Waals surface area contributed by atoms with Crippen molar-refractivity contribution in [2.75, 3.05) is 4.90 Å². The van der Waals surface area contributed by atoms with Crippen LogP contribution in [0.25, 0.3) is 54.6 Å². The predicted molar refractivity (Wildman–Crippen MR) is 209 cm³/mol. The molecule has 0 radical (unpaired) electrons. The molecule has 0 fully saturated rings. The van der Waals surface area contributed by atoms with Crippen LogP contribution in [0.1, 0.15) is 49.9 Å². The molecule has 8 aromatic carbocycles. The van der Waals surface area contributed by atoms with Gasteiger partial charge in [0.2, 0.25) is 0 Å². The molecule has 0 atom stereocenters. The molecule has 1 nitrogen and oxygen atoms in total. The lowest BCUT2D eigenvalue weighted by Crippen LogP contribution is -2.17. The molecule has 0 bridgehead atoms. The van der Waals surface area contributed by atoms with E-state index in [-0.39, 0.29) is 10.8 Å². The van der Waals surface area contributed by atoms with Crippen LogP contribution in [-0.4, -0.2) is 0 Å². The third-order valence-electron chi connectivity index (χ3n) is 11.6. The molecule has 1 heteroatoms. The van der Waals surface area contributed by atoms with E-state index in [1.54, 1.807) is 0 Å². The van der Waals surface area contributed by atoms with Crippen LogP contribution in [0.15, 0.2) is 152 Å². The fraction of sp³-hybridized carbons (Fsp3) is 0.125. The predicted octanol–water partition coefficient (Wildman–Crippen LogP) is 13.2. The van der Waals surface area contributed by atoms with Crippen LogP contribution in [0, 0.1) is 0 Å². The lowest BCUT2D eigenvalue weighted by Gasteiger charge is -2.29. The zero-order chi connectivity index (χ0) is 33.1. The van der Waals surface area contributed by atoms with Gasteiger partial charge in [-0.2, -0.15) is 0 Å². The van der Waals surface area contributed by atoms with Gasteiger partial charge in [0.05, 0.1) is 0 Å². The number of benzene rings is 8. The van der Waals surface area contributed by atoms with Crippen molar-refractivity contribution in [1.29, 1.82) is 0 Å². The highest BCUT2D eigenvalue weighted by molar-refractivity contribution is 6.17. The van der Waals surface area contributed by atoms with Crippen LogP contribution in [0.4, 0.5) is 17.1 Å². The first-order valence-electron chi connectivity index (χ1n) is 17.4. The highest BCUT2D eigenvalue weighted by Gasteiger charge is 2.37. The zero-order valence-electron chi connectivity index (χ0n) is 28.4. The number of hydrogen-bond acceptors (Lipinski definition) is 1. The second-order valence-corrected chi connectivity index (χ2v) is 15.0. The summed E-state index contributed by atoms with van der Waals surface area (Å²) in [6, 6.07) is 56.9. The number of fused-ring (bicyclic) bond motifs is 11. The van der Waals surface area contributed by atoms with Crippen LogP contribution in [-0.2, 0) is 10.8 Å². The molecule has 0 unspecified atom stereocenters. The van der Waals surface area contributed by atoms with Gasteiger partial charge < -0.3 is 4.90 Å². The molecule has 8 aromatic rings. The van der Waals surface area contributed by atoms with E-state index in [0.29, 0.717) is 0 Å². The Bertz CT molecular complexity index is 2670. The molecule has 2 aliphatic rings. The van der Waals surface area contributed by atoms with Crippen molar-refractivity contribution in [3.05, 3.63) is 174 Å². The molecule has 10 rings (SSSR count). The maximum Gasteiger partial charge on any atom is 0.0468 e. The number of rotatable bonds is 3. The van der Waals surface area contributed by atoms with Gasteiger partial charge in [-0.15, -0.1) is 0 Å². The third-order valence-corrected chi connectivity index (χ3v) is 11.6. The quantitative estimate of drug-likeness (QED) is 0.176. The summed E-state index contributed by atoms with van der Waals surface area (Å²) in [7, 11) is 0. The zero-order valence-corrected chi connectivity index (χ0v) is 28.4. The molecule has 0 aliphatic heterocycles. The second-order valence-electron chi connectivity index (χ2n) is 15.0. The van der Waals surface area contributed by atoms with Crippen molar-refractivity contribution in [2.24, 2.45) is 0 Å². The molecule has 49 heavy (non-hydrogen) atoms. The van der Waals surface area contributed by atoms with E-state index in [2.05, 4.69) is 184 Å². The van der Waals surface area contributed by atoms with E-state index in [4.69, 9.17) is 0 Å². The summed E-state index contributed by atoms with van der Waals surface area (Å²) in [5.41, 5.74) is 14.3. The molecular weight excluding hydrogens is 591 g/mol. The van der Waals surface area contributed by atoms with Crippen molar-refractivity contribution in [1.82, 2.24) is 0 Å². The topological polar surface area (TPSA) is 3.24 Å². The van der Waals surface area contributed by atoms with E-state index < -0.39 is 0 Å². The summed E-state index contributed by atoms with van der Waals surface area (Å²) >= 11 is 0. The normalized spacial score (nSPS) is 14.9. The summed E-state index contributed by atoms with van der Waals surface area (Å²) in [5.74, 6) is 0. The van der Waals surface area contributed by atoms with Gasteiger partial charge in [-0.25, -0.2) is 0 Å². The highest BCUT2D eigenvalue weighted by atomic mass is 15.1. The Morgan fingerprint density at radius 3 is 1.59 bits per heavy atom. The number of nitrogens with zero attached hydrogens (tertiary/aromatic N) is 1. The van der Waals surface area contributed by atoms with E-state index >= 15 is 0 Å². The highest BCUT2D eigenvalue weighted by Crippen LogP contribution is 2.53. The smallest absolute Gasteiger partial charge is 0.0468 e. The first-order chi connectivity index (χ1) is 23.8. The van der Waals surface area contributed by atoms with Crippen LogP contribution >= 0.6 is 0 Å². The Hall–Kier alpha value is -5.66. The molecule has 0 amide bonds. The standard InChI is InChI=1S/C48H37N/c1-47(2)44-16-10-8-14-40(44)42-28-33(21-26-45(42)47)49(34-20-25-41-39-13-7-9-15-43(39)48(3,4)46(41)29-34)32-19-24-36-31(27-32)18-23-37-35-12-6-5-11-30(35)17-22-38(36)37/h5-29H,1-4H3. The minimum atomic E-state index is -0.0838. The summed E-state index contributed by atoms with van der Waals surface area (Å²) < 4.78 is 0. The lowest BCUT2D eigenvalue weighted by molar-refractivity contribution is 0.660. The Morgan fingerprint density at radius 1 is 0.327 bits per heavy atom. The van der Waals surface area contributed by atoms with Crippen molar-refractivity contribution < 1.29 is 0 Å². The minimum absolute atomic E-state index is 0.0349. The molecule has 2 aliphatic carbocycles. The van der Waals surface area contributed by atoms with Gasteiger partial charge >= 0.3 is 0 Å². The first kappa shape index (κ1) is 28.4. The van der Waals surface area contributed by atoms with Gasteiger partial charge in [0, 0.05) is 27.9 Å². The number of anilines is 3. The minimum Gasteiger partial charge on any atom is -0.310 e. The Balaban J connectivity index is 1.19.